The van der Waals surface area contributed by atoms with E-state index in [1.165, 1.54) is 0 Å². The van der Waals surface area contributed by atoms with Crippen molar-refractivity contribution in [3.05, 3.63) is 0 Å². The van der Waals surface area contributed by atoms with Crippen LogP contribution in [0.25, 0.3) is 0 Å². The minimum absolute atomic E-state index is 0.0220. The summed E-state index contributed by atoms with van der Waals surface area (Å²) in [5.41, 5.74) is 0. The van der Waals surface area contributed by atoms with E-state index in [1.807, 2.05) is 13.8 Å². The van der Waals surface area contributed by atoms with Crippen molar-refractivity contribution in [2.75, 3.05) is 13.2 Å². The van der Waals surface area contributed by atoms with E-state index in [9.17, 15) is 5.11 Å². The van der Waals surface area contributed by atoms with Crippen LogP contribution in [0.15, 0.2) is 0 Å². The molecule has 3 heteroatoms. The summed E-state index contributed by atoms with van der Waals surface area (Å²) >= 11 is 0. The molecule has 1 saturated heterocycles. The molecular weight excluding hydrogens is 156 g/mol. The summed E-state index contributed by atoms with van der Waals surface area (Å²) in [7, 11) is 0. The molecular formula is C9H18O3. The van der Waals surface area contributed by atoms with Gasteiger partial charge in [0.25, 0.3) is 0 Å². The van der Waals surface area contributed by atoms with E-state index >= 15 is 0 Å². The molecule has 0 aromatic heterocycles. The summed E-state index contributed by atoms with van der Waals surface area (Å²) in [5, 5.41) is 9.21. The fourth-order valence-electron chi connectivity index (χ4n) is 1.21. The maximum absolute atomic E-state index is 9.21. The predicted molar refractivity (Wildman–Crippen MR) is 45.8 cm³/mol. The molecule has 1 aliphatic heterocycles. The van der Waals surface area contributed by atoms with Crippen LogP contribution < -0.4 is 0 Å². The zero-order valence-corrected chi connectivity index (χ0v) is 7.82. The maximum Gasteiger partial charge on any atom is 0.157 e. The Morgan fingerprint density at radius 2 is 1.92 bits per heavy atom. The van der Waals surface area contributed by atoms with Crippen molar-refractivity contribution in [3.8, 4) is 0 Å². The molecule has 72 valence electrons. The summed E-state index contributed by atoms with van der Waals surface area (Å²) in [5.74, 6) is 0.331. The molecule has 0 spiro atoms. The molecule has 1 rings (SSSR count). The summed E-state index contributed by atoms with van der Waals surface area (Å²) in [6, 6.07) is 0. The summed E-state index contributed by atoms with van der Waals surface area (Å²) in [6.07, 6.45) is 1.60. The van der Waals surface area contributed by atoms with Crippen LogP contribution in [0.2, 0.25) is 0 Å². The smallest absolute Gasteiger partial charge is 0.157 e. The Kier molecular flexibility index (Phi) is 3.98. The van der Waals surface area contributed by atoms with Crippen LogP contribution in [0.3, 0.4) is 0 Å². The van der Waals surface area contributed by atoms with Crippen LogP contribution in [-0.2, 0) is 9.47 Å². The normalized spacial score (nSPS) is 24.2. The van der Waals surface area contributed by atoms with Crippen molar-refractivity contribution in [3.63, 3.8) is 0 Å². The molecule has 1 fully saturated rings. The molecule has 2 atom stereocenters. The Morgan fingerprint density at radius 3 is 2.42 bits per heavy atom. The summed E-state index contributed by atoms with van der Waals surface area (Å²) in [4.78, 5) is 0. The Hall–Kier alpha value is -0.120. The topological polar surface area (TPSA) is 38.7 Å². The first-order valence-electron chi connectivity index (χ1n) is 4.61. The molecule has 1 aliphatic rings. The lowest BCUT2D eigenvalue weighted by Crippen LogP contribution is -2.16. The van der Waals surface area contributed by atoms with Gasteiger partial charge >= 0.3 is 0 Å². The van der Waals surface area contributed by atoms with E-state index in [0.717, 1.165) is 12.8 Å². The third kappa shape index (κ3) is 3.09. The Morgan fingerprint density at radius 1 is 1.33 bits per heavy atom. The van der Waals surface area contributed by atoms with Crippen LogP contribution in [0, 0.1) is 5.92 Å². The Labute approximate surface area is 73.7 Å². The Bertz CT molecular complexity index is 117. The first-order valence-corrected chi connectivity index (χ1v) is 4.61. The minimum Gasteiger partial charge on any atom is -0.393 e. The lowest BCUT2D eigenvalue weighted by atomic mass is 10.0. The van der Waals surface area contributed by atoms with E-state index in [2.05, 4.69) is 0 Å². The number of aliphatic hydroxyl groups is 1. The van der Waals surface area contributed by atoms with Crippen LogP contribution in [0.4, 0.5) is 0 Å². The van der Waals surface area contributed by atoms with Gasteiger partial charge < -0.3 is 14.6 Å². The van der Waals surface area contributed by atoms with E-state index in [-0.39, 0.29) is 12.4 Å². The molecule has 3 nitrogen and oxygen atoms in total. The van der Waals surface area contributed by atoms with Gasteiger partial charge in [-0.2, -0.15) is 0 Å². The number of hydrogen-bond acceptors (Lipinski definition) is 3. The zero-order valence-electron chi connectivity index (χ0n) is 7.82. The van der Waals surface area contributed by atoms with Crippen molar-refractivity contribution in [1.82, 2.24) is 0 Å². The quantitative estimate of drug-likeness (QED) is 0.695. The molecule has 12 heavy (non-hydrogen) atoms. The highest BCUT2D eigenvalue weighted by atomic mass is 16.7. The molecule has 1 N–H and O–H groups in total. The fourth-order valence-corrected chi connectivity index (χ4v) is 1.21. The molecule has 0 aromatic carbocycles. The van der Waals surface area contributed by atoms with Crippen molar-refractivity contribution in [1.29, 1.82) is 0 Å². The van der Waals surface area contributed by atoms with Crippen LogP contribution in [0.1, 0.15) is 26.7 Å². The lowest BCUT2D eigenvalue weighted by Gasteiger charge is -2.16. The van der Waals surface area contributed by atoms with Gasteiger partial charge in [-0.3, -0.25) is 0 Å². The third-order valence-electron chi connectivity index (χ3n) is 2.37. The molecule has 0 unspecified atom stereocenters. The first-order chi connectivity index (χ1) is 5.70. The summed E-state index contributed by atoms with van der Waals surface area (Å²) in [6.45, 7) is 5.29. The molecule has 0 aliphatic carbocycles. The second-order valence-electron chi connectivity index (χ2n) is 3.47. The third-order valence-corrected chi connectivity index (χ3v) is 2.37. The minimum atomic E-state index is -0.230. The number of aliphatic hydroxyl groups excluding tert-OH is 1. The first kappa shape index (κ1) is 9.96. The van der Waals surface area contributed by atoms with Gasteiger partial charge in [-0.1, -0.05) is 6.92 Å². The highest BCUT2D eigenvalue weighted by Gasteiger charge is 2.18. The van der Waals surface area contributed by atoms with E-state index in [4.69, 9.17) is 9.47 Å². The predicted octanol–water partition coefficient (Wildman–Crippen LogP) is 1.16. The van der Waals surface area contributed by atoms with Gasteiger partial charge in [0.1, 0.15) is 0 Å². The Balaban J connectivity index is 2.07. The molecule has 0 amide bonds. The highest BCUT2D eigenvalue weighted by Crippen LogP contribution is 2.16. The maximum atomic E-state index is 9.21. The van der Waals surface area contributed by atoms with Gasteiger partial charge in [0, 0.05) is 0 Å². The standard InChI is InChI=1S/C9H18O3/c1-7(8(2)10)3-4-9-11-5-6-12-9/h7-10H,3-6H2,1-2H3/t7-,8+/m0/s1. The van der Waals surface area contributed by atoms with Gasteiger partial charge in [0.15, 0.2) is 6.29 Å². The molecule has 0 saturated carbocycles. The lowest BCUT2D eigenvalue weighted by molar-refractivity contribution is -0.0525. The average molecular weight is 174 g/mol. The van der Waals surface area contributed by atoms with Crippen molar-refractivity contribution in [2.24, 2.45) is 5.92 Å². The fraction of sp³-hybridized carbons (Fsp3) is 1.00. The number of ether oxygens (including phenoxy) is 2. The van der Waals surface area contributed by atoms with Gasteiger partial charge in [-0.05, 0) is 25.7 Å². The van der Waals surface area contributed by atoms with Gasteiger partial charge in [-0.25, -0.2) is 0 Å². The van der Waals surface area contributed by atoms with E-state index in [0.29, 0.717) is 19.1 Å². The van der Waals surface area contributed by atoms with Crippen molar-refractivity contribution in [2.45, 2.75) is 39.1 Å². The second kappa shape index (κ2) is 4.80. The molecule has 0 bridgehead atoms. The SMILES string of the molecule is C[C@@H](O)[C@@H](C)CCC1OCCO1. The highest BCUT2D eigenvalue weighted by molar-refractivity contribution is 4.61. The molecule has 0 aromatic rings. The van der Waals surface area contributed by atoms with E-state index in [1.54, 1.807) is 0 Å². The van der Waals surface area contributed by atoms with Crippen LogP contribution in [0.5, 0.6) is 0 Å². The zero-order chi connectivity index (χ0) is 8.97. The van der Waals surface area contributed by atoms with Gasteiger partial charge in [0.2, 0.25) is 0 Å². The number of rotatable bonds is 4. The summed E-state index contributed by atoms with van der Waals surface area (Å²) < 4.78 is 10.6. The van der Waals surface area contributed by atoms with Gasteiger partial charge in [-0.15, -0.1) is 0 Å². The molecule has 0 radical (unpaired) electrons. The van der Waals surface area contributed by atoms with Crippen molar-refractivity contribution < 1.29 is 14.6 Å². The second-order valence-corrected chi connectivity index (χ2v) is 3.47. The largest absolute Gasteiger partial charge is 0.393 e. The monoisotopic (exact) mass is 174 g/mol. The molecule has 1 heterocycles. The average Bonchev–Trinajstić information content (AvgIpc) is 2.51. The van der Waals surface area contributed by atoms with Crippen LogP contribution in [-0.4, -0.2) is 30.7 Å². The van der Waals surface area contributed by atoms with Gasteiger partial charge in [0.05, 0.1) is 19.3 Å². The van der Waals surface area contributed by atoms with E-state index < -0.39 is 0 Å². The van der Waals surface area contributed by atoms with Crippen molar-refractivity contribution >= 4 is 0 Å². The number of hydrogen-bond donors (Lipinski definition) is 1. The van der Waals surface area contributed by atoms with Crippen LogP contribution >= 0.6 is 0 Å².